The van der Waals surface area contributed by atoms with Gasteiger partial charge in [0, 0.05) is 33.1 Å². The summed E-state index contributed by atoms with van der Waals surface area (Å²) in [4.78, 5) is 12.4. The minimum Gasteiger partial charge on any atom is -0.478 e. The minimum atomic E-state index is -0.982. The van der Waals surface area contributed by atoms with E-state index in [4.69, 9.17) is 39.5 Å². The van der Waals surface area contributed by atoms with Gasteiger partial charge in [-0.3, -0.25) is 4.79 Å². The molecule has 0 fully saturated rings. The van der Waals surface area contributed by atoms with E-state index in [2.05, 4.69) is 5.32 Å². The highest BCUT2D eigenvalue weighted by molar-refractivity contribution is 7.98. The Balaban J connectivity index is 1.76. The van der Waals surface area contributed by atoms with E-state index in [1.807, 2.05) is 18.2 Å². The van der Waals surface area contributed by atoms with Crippen LogP contribution in [-0.4, -0.2) is 23.8 Å². The third-order valence-corrected chi connectivity index (χ3v) is 5.52. The molecule has 0 unspecified atom stereocenters. The Labute approximate surface area is 173 Å². The van der Waals surface area contributed by atoms with Crippen LogP contribution in [0.1, 0.15) is 19.4 Å². The lowest BCUT2D eigenvalue weighted by molar-refractivity contribution is -0.134. The van der Waals surface area contributed by atoms with Crippen molar-refractivity contribution in [1.29, 1.82) is 0 Å². The molecular formula is C19H20Cl3NO2S. The van der Waals surface area contributed by atoms with Crippen molar-refractivity contribution in [2.45, 2.75) is 25.2 Å². The third kappa shape index (κ3) is 6.27. The lowest BCUT2D eigenvalue weighted by Gasteiger charge is -2.25. The van der Waals surface area contributed by atoms with Crippen molar-refractivity contribution in [2.24, 2.45) is 0 Å². The van der Waals surface area contributed by atoms with Gasteiger partial charge in [-0.2, -0.15) is 11.8 Å². The number of carbonyl (C=O) groups is 1. The Kier molecular flexibility index (Phi) is 7.96. The number of nitrogens with one attached hydrogen (secondary N) is 1. The number of carbonyl (C=O) groups excluding carboxylic acids is 1. The first-order valence-corrected chi connectivity index (χ1v) is 10.3. The Bertz CT molecular complexity index is 731. The molecule has 0 aliphatic rings. The van der Waals surface area contributed by atoms with Gasteiger partial charge in [0.25, 0.3) is 5.91 Å². The highest BCUT2D eigenvalue weighted by Gasteiger charge is 2.29. The second-order valence-electron chi connectivity index (χ2n) is 6.07. The number of thioether (sulfide) groups is 1. The topological polar surface area (TPSA) is 38.3 Å². The van der Waals surface area contributed by atoms with E-state index in [1.165, 1.54) is 0 Å². The smallest absolute Gasteiger partial charge is 0.263 e. The first kappa shape index (κ1) is 21.2. The van der Waals surface area contributed by atoms with Crippen molar-refractivity contribution in [3.63, 3.8) is 0 Å². The van der Waals surface area contributed by atoms with Crippen molar-refractivity contribution in [3.8, 4) is 5.75 Å². The van der Waals surface area contributed by atoms with Crippen molar-refractivity contribution < 1.29 is 9.53 Å². The zero-order valence-electron chi connectivity index (χ0n) is 14.5. The van der Waals surface area contributed by atoms with Gasteiger partial charge in [0.2, 0.25) is 0 Å². The van der Waals surface area contributed by atoms with Crippen LogP contribution in [0.4, 0.5) is 0 Å². The molecule has 0 saturated carbocycles. The molecule has 1 N–H and O–H groups in total. The van der Waals surface area contributed by atoms with Crippen LogP contribution in [0.3, 0.4) is 0 Å². The van der Waals surface area contributed by atoms with Gasteiger partial charge < -0.3 is 10.1 Å². The predicted molar refractivity (Wildman–Crippen MR) is 112 cm³/mol. The van der Waals surface area contributed by atoms with Gasteiger partial charge in [0.1, 0.15) is 5.75 Å². The Morgan fingerprint density at radius 3 is 2.31 bits per heavy atom. The van der Waals surface area contributed by atoms with Crippen LogP contribution in [0.25, 0.3) is 0 Å². The Hall–Kier alpha value is -1.07. The normalized spacial score (nSPS) is 11.3. The zero-order chi connectivity index (χ0) is 19.2. The van der Waals surface area contributed by atoms with Crippen molar-refractivity contribution in [1.82, 2.24) is 5.32 Å². The van der Waals surface area contributed by atoms with Crippen LogP contribution in [0.15, 0.2) is 42.5 Å². The number of ether oxygens (including phenoxy) is 1. The first-order valence-electron chi connectivity index (χ1n) is 8.03. The van der Waals surface area contributed by atoms with Crippen molar-refractivity contribution >= 4 is 52.5 Å². The van der Waals surface area contributed by atoms with Crippen LogP contribution < -0.4 is 10.1 Å². The molecule has 0 atom stereocenters. The monoisotopic (exact) mass is 431 g/mol. The van der Waals surface area contributed by atoms with Gasteiger partial charge >= 0.3 is 0 Å². The van der Waals surface area contributed by atoms with Crippen molar-refractivity contribution in [2.75, 3.05) is 12.3 Å². The molecule has 0 saturated heterocycles. The highest BCUT2D eigenvalue weighted by atomic mass is 35.5. The summed E-state index contributed by atoms with van der Waals surface area (Å²) in [7, 11) is 0. The van der Waals surface area contributed by atoms with Crippen LogP contribution in [-0.2, 0) is 10.5 Å². The fourth-order valence-corrected chi connectivity index (χ4v) is 3.86. The summed E-state index contributed by atoms with van der Waals surface area (Å²) in [6.07, 6.45) is 0. The molecule has 26 heavy (non-hydrogen) atoms. The van der Waals surface area contributed by atoms with E-state index in [9.17, 15) is 4.79 Å². The molecule has 0 radical (unpaired) electrons. The van der Waals surface area contributed by atoms with E-state index < -0.39 is 5.60 Å². The van der Waals surface area contributed by atoms with Gasteiger partial charge in [-0.05, 0) is 55.8 Å². The van der Waals surface area contributed by atoms with Crippen LogP contribution >= 0.6 is 46.6 Å². The van der Waals surface area contributed by atoms with Gasteiger partial charge in [-0.15, -0.1) is 0 Å². The maximum Gasteiger partial charge on any atom is 0.263 e. The summed E-state index contributed by atoms with van der Waals surface area (Å²) in [6, 6.07) is 12.4. The molecule has 7 heteroatoms. The molecule has 2 aromatic rings. The lowest BCUT2D eigenvalue weighted by atomic mass is 10.1. The maximum atomic E-state index is 12.4. The molecule has 0 aliphatic carbocycles. The fraction of sp³-hybridized carbons (Fsp3) is 0.316. The van der Waals surface area contributed by atoms with E-state index in [-0.39, 0.29) is 5.91 Å². The predicted octanol–water partition coefficient (Wildman–Crippen LogP) is 5.85. The number of hydrogen-bond acceptors (Lipinski definition) is 3. The van der Waals surface area contributed by atoms with E-state index in [0.29, 0.717) is 33.1 Å². The SMILES string of the molecule is CC(C)(Oc1ccc(Cl)cc1)C(=O)NCCSCc1c(Cl)cccc1Cl. The lowest BCUT2D eigenvalue weighted by Crippen LogP contribution is -2.47. The molecule has 0 bridgehead atoms. The molecule has 2 aromatic carbocycles. The average Bonchev–Trinajstić information content (AvgIpc) is 2.58. The fourth-order valence-electron chi connectivity index (χ4n) is 2.14. The summed E-state index contributed by atoms with van der Waals surface area (Å²) in [5.74, 6) is 1.85. The second-order valence-corrected chi connectivity index (χ2v) is 8.43. The third-order valence-electron chi connectivity index (χ3n) is 3.57. The summed E-state index contributed by atoms with van der Waals surface area (Å²) in [6.45, 7) is 3.99. The molecule has 0 spiro atoms. The Morgan fingerprint density at radius 2 is 1.69 bits per heavy atom. The van der Waals surface area contributed by atoms with E-state index in [0.717, 1.165) is 11.3 Å². The largest absolute Gasteiger partial charge is 0.478 e. The quantitative estimate of drug-likeness (QED) is 0.531. The number of halogens is 3. The molecule has 0 aliphatic heterocycles. The summed E-state index contributed by atoms with van der Waals surface area (Å²) >= 11 is 19.8. The first-order chi connectivity index (χ1) is 12.3. The van der Waals surface area contributed by atoms with Crippen LogP contribution in [0.5, 0.6) is 5.75 Å². The molecule has 140 valence electrons. The second kappa shape index (κ2) is 9.75. The molecule has 0 aromatic heterocycles. The zero-order valence-corrected chi connectivity index (χ0v) is 17.6. The molecular weight excluding hydrogens is 413 g/mol. The number of amides is 1. The van der Waals surface area contributed by atoms with E-state index >= 15 is 0 Å². The van der Waals surface area contributed by atoms with Gasteiger partial charge in [0.15, 0.2) is 5.60 Å². The number of rotatable bonds is 8. The molecule has 1 amide bonds. The Morgan fingerprint density at radius 1 is 1.08 bits per heavy atom. The van der Waals surface area contributed by atoms with E-state index in [1.54, 1.807) is 49.9 Å². The summed E-state index contributed by atoms with van der Waals surface area (Å²) in [5, 5.41) is 4.83. The number of benzene rings is 2. The van der Waals surface area contributed by atoms with Gasteiger partial charge in [-0.25, -0.2) is 0 Å². The standard InChI is InChI=1S/C19H20Cl3NO2S/c1-19(2,25-14-8-6-13(20)7-9-14)18(24)23-10-11-26-12-15-16(21)4-3-5-17(15)22/h3-9H,10-12H2,1-2H3,(H,23,24). The van der Waals surface area contributed by atoms with Gasteiger partial charge in [0.05, 0.1) is 0 Å². The van der Waals surface area contributed by atoms with Gasteiger partial charge in [-0.1, -0.05) is 40.9 Å². The molecule has 3 nitrogen and oxygen atoms in total. The maximum absolute atomic E-state index is 12.4. The number of hydrogen-bond donors (Lipinski definition) is 1. The summed E-state index contributed by atoms with van der Waals surface area (Å²) < 4.78 is 5.76. The minimum absolute atomic E-state index is 0.177. The van der Waals surface area contributed by atoms with Crippen molar-refractivity contribution in [3.05, 3.63) is 63.1 Å². The van der Waals surface area contributed by atoms with Crippen LogP contribution in [0, 0.1) is 0 Å². The highest BCUT2D eigenvalue weighted by Crippen LogP contribution is 2.28. The average molecular weight is 433 g/mol. The summed E-state index contributed by atoms with van der Waals surface area (Å²) in [5.41, 5.74) is -0.0663. The van der Waals surface area contributed by atoms with Crippen LogP contribution in [0.2, 0.25) is 15.1 Å². The molecule has 0 heterocycles. The molecule has 2 rings (SSSR count).